The molecule has 6 nitrogen and oxygen atoms in total. The van der Waals surface area contributed by atoms with E-state index in [4.69, 9.17) is 9.97 Å². The molecule has 29 heavy (non-hydrogen) atoms. The van der Waals surface area contributed by atoms with Gasteiger partial charge in [-0.25, -0.2) is 9.97 Å². The highest BCUT2D eigenvalue weighted by Gasteiger charge is 2.28. The largest absolute Gasteiger partial charge is 0.363 e. The summed E-state index contributed by atoms with van der Waals surface area (Å²) >= 11 is 0. The minimum Gasteiger partial charge on any atom is -0.363 e. The number of nitrogens with zero attached hydrogens (tertiary/aromatic N) is 4. The van der Waals surface area contributed by atoms with Crippen LogP contribution in [-0.4, -0.2) is 35.0 Å². The van der Waals surface area contributed by atoms with Crippen LogP contribution in [-0.2, 0) is 6.42 Å². The van der Waals surface area contributed by atoms with E-state index in [2.05, 4.69) is 10.3 Å². The Labute approximate surface area is 171 Å². The van der Waals surface area contributed by atoms with Gasteiger partial charge in [-0.2, -0.15) is 0 Å². The van der Waals surface area contributed by atoms with Crippen molar-refractivity contribution in [2.45, 2.75) is 31.2 Å². The quantitative estimate of drug-likeness (QED) is 0.672. The fraction of sp³-hybridized carbons (Fsp3) is 0.304. The monoisotopic (exact) mass is 387 g/mol. The second-order valence-corrected chi connectivity index (χ2v) is 7.62. The van der Waals surface area contributed by atoms with E-state index in [0.29, 0.717) is 17.9 Å². The number of carbonyl (C=O) groups is 1. The molecule has 1 atom stereocenters. The second kappa shape index (κ2) is 8.39. The molecule has 0 bridgehead atoms. The van der Waals surface area contributed by atoms with Gasteiger partial charge < -0.3 is 10.2 Å². The zero-order valence-electron chi connectivity index (χ0n) is 16.7. The average Bonchev–Trinajstić information content (AvgIpc) is 3.60. The minimum atomic E-state index is -0.186. The van der Waals surface area contributed by atoms with Gasteiger partial charge >= 0.3 is 0 Å². The number of anilines is 1. The molecule has 0 aliphatic heterocycles. The van der Waals surface area contributed by atoms with Crippen molar-refractivity contribution in [1.29, 1.82) is 0 Å². The smallest absolute Gasteiger partial charge is 0.251 e. The lowest BCUT2D eigenvalue weighted by molar-refractivity contribution is 0.0936. The van der Waals surface area contributed by atoms with Gasteiger partial charge in [0.1, 0.15) is 11.6 Å². The van der Waals surface area contributed by atoms with Crippen molar-refractivity contribution in [3.8, 4) is 0 Å². The van der Waals surface area contributed by atoms with Crippen LogP contribution in [0.4, 0.5) is 5.82 Å². The van der Waals surface area contributed by atoms with Crippen molar-refractivity contribution in [1.82, 2.24) is 20.3 Å². The predicted octanol–water partition coefficient (Wildman–Crippen LogP) is 3.53. The van der Waals surface area contributed by atoms with E-state index >= 15 is 0 Å². The third-order valence-electron chi connectivity index (χ3n) is 5.05. The molecule has 1 N–H and O–H groups in total. The highest BCUT2D eigenvalue weighted by Crippen LogP contribution is 2.38. The molecule has 4 rings (SSSR count). The maximum atomic E-state index is 12.8. The summed E-state index contributed by atoms with van der Waals surface area (Å²) in [6.07, 6.45) is 6.16. The number of hydrogen-bond acceptors (Lipinski definition) is 5. The van der Waals surface area contributed by atoms with Crippen molar-refractivity contribution in [3.63, 3.8) is 0 Å². The summed E-state index contributed by atoms with van der Waals surface area (Å²) in [5.74, 6) is 2.17. The lowest BCUT2D eigenvalue weighted by Gasteiger charge is -2.21. The summed E-state index contributed by atoms with van der Waals surface area (Å²) in [6, 6.07) is 15.3. The Hall–Kier alpha value is -3.28. The molecule has 2 heterocycles. The summed E-state index contributed by atoms with van der Waals surface area (Å²) < 4.78 is 0. The fourth-order valence-corrected chi connectivity index (χ4v) is 3.25. The van der Waals surface area contributed by atoms with E-state index in [1.807, 2.05) is 55.4 Å². The number of rotatable bonds is 7. The van der Waals surface area contributed by atoms with Crippen LogP contribution >= 0.6 is 0 Å². The minimum absolute atomic E-state index is 0.120. The van der Waals surface area contributed by atoms with Crippen molar-refractivity contribution < 1.29 is 4.79 Å². The molecule has 0 saturated heterocycles. The van der Waals surface area contributed by atoms with Crippen LogP contribution in [0.1, 0.15) is 52.2 Å². The molecule has 6 heteroatoms. The van der Waals surface area contributed by atoms with Crippen molar-refractivity contribution in [2.24, 2.45) is 0 Å². The molecule has 1 fully saturated rings. The molecule has 3 aromatic rings. The van der Waals surface area contributed by atoms with Gasteiger partial charge in [-0.1, -0.05) is 30.3 Å². The Kier molecular flexibility index (Phi) is 5.51. The summed E-state index contributed by atoms with van der Waals surface area (Å²) in [5.41, 5.74) is 2.58. The molecular formula is C23H25N5O. The first-order chi connectivity index (χ1) is 14.1. The van der Waals surface area contributed by atoms with Crippen LogP contribution in [0, 0.1) is 0 Å². The molecule has 1 unspecified atom stereocenters. The molecule has 148 valence electrons. The van der Waals surface area contributed by atoms with Crippen molar-refractivity contribution in [2.75, 3.05) is 19.0 Å². The van der Waals surface area contributed by atoms with E-state index < -0.39 is 0 Å². The topological polar surface area (TPSA) is 71.0 Å². The Morgan fingerprint density at radius 1 is 1.10 bits per heavy atom. The lowest BCUT2D eigenvalue weighted by atomic mass is 10.0. The Bertz CT molecular complexity index is 951. The molecule has 2 aromatic heterocycles. The zero-order valence-corrected chi connectivity index (χ0v) is 16.7. The molecule has 1 aliphatic carbocycles. The van der Waals surface area contributed by atoms with Gasteiger partial charge in [-0.05, 0) is 30.5 Å². The maximum Gasteiger partial charge on any atom is 0.251 e. The number of benzene rings is 1. The van der Waals surface area contributed by atoms with Crippen LogP contribution in [0.5, 0.6) is 0 Å². The highest BCUT2D eigenvalue weighted by atomic mass is 16.1. The van der Waals surface area contributed by atoms with E-state index in [1.54, 1.807) is 24.5 Å². The second-order valence-electron chi connectivity index (χ2n) is 7.62. The van der Waals surface area contributed by atoms with Gasteiger partial charge in [0.15, 0.2) is 0 Å². The van der Waals surface area contributed by atoms with Crippen LogP contribution < -0.4 is 10.2 Å². The average molecular weight is 387 g/mol. The van der Waals surface area contributed by atoms with E-state index in [-0.39, 0.29) is 11.9 Å². The van der Waals surface area contributed by atoms with E-state index in [9.17, 15) is 4.79 Å². The van der Waals surface area contributed by atoms with Crippen LogP contribution in [0.2, 0.25) is 0 Å². The Morgan fingerprint density at radius 3 is 2.48 bits per heavy atom. The van der Waals surface area contributed by atoms with Crippen LogP contribution in [0.15, 0.2) is 60.9 Å². The van der Waals surface area contributed by atoms with E-state index in [0.717, 1.165) is 35.7 Å². The standard InChI is InChI=1S/C23H25N5O/c1-28(2)21-15-19(25-22(27-21)17-8-9-17)14-20(16-6-4-3-5-7-16)26-23(29)18-10-12-24-13-11-18/h3-7,10-13,15,17,20H,8-9,14H2,1-2H3,(H,26,29). The number of carbonyl (C=O) groups excluding carboxylic acids is 1. The number of pyridine rings is 1. The lowest BCUT2D eigenvalue weighted by Crippen LogP contribution is -2.30. The third-order valence-corrected chi connectivity index (χ3v) is 5.05. The molecule has 1 amide bonds. The molecule has 1 saturated carbocycles. The summed E-state index contributed by atoms with van der Waals surface area (Å²) in [6.45, 7) is 0. The fourth-order valence-electron chi connectivity index (χ4n) is 3.25. The number of aromatic nitrogens is 3. The summed E-state index contributed by atoms with van der Waals surface area (Å²) in [4.78, 5) is 28.3. The Balaban J connectivity index is 1.63. The number of hydrogen-bond donors (Lipinski definition) is 1. The third kappa shape index (κ3) is 4.77. The zero-order chi connectivity index (χ0) is 20.2. The van der Waals surface area contributed by atoms with E-state index in [1.165, 1.54) is 0 Å². The number of amides is 1. The van der Waals surface area contributed by atoms with Crippen molar-refractivity contribution >= 4 is 11.7 Å². The maximum absolute atomic E-state index is 12.8. The first-order valence-electron chi connectivity index (χ1n) is 9.91. The van der Waals surface area contributed by atoms with Gasteiger partial charge in [-0.3, -0.25) is 9.78 Å². The van der Waals surface area contributed by atoms with Gasteiger partial charge in [-0.15, -0.1) is 0 Å². The molecule has 0 spiro atoms. The molecule has 1 aliphatic rings. The molecule has 1 aromatic carbocycles. The van der Waals surface area contributed by atoms with Crippen LogP contribution in [0.3, 0.4) is 0 Å². The first kappa shape index (κ1) is 19.1. The van der Waals surface area contributed by atoms with Gasteiger partial charge in [0.2, 0.25) is 0 Å². The van der Waals surface area contributed by atoms with Crippen molar-refractivity contribution in [3.05, 3.63) is 83.6 Å². The van der Waals surface area contributed by atoms with Gasteiger partial charge in [0.25, 0.3) is 5.91 Å². The normalized spacial score (nSPS) is 14.3. The molecule has 0 radical (unpaired) electrons. The summed E-state index contributed by atoms with van der Waals surface area (Å²) in [7, 11) is 3.98. The van der Waals surface area contributed by atoms with Crippen LogP contribution in [0.25, 0.3) is 0 Å². The van der Waals surface area contributed by atoms with Gasteiger partial charge in [0, 0.05) is 56.2 Å². The highest BCUT2D eigenvalue weighted by molar-refractivity contribution is 5.94. The molecular weight excluding hydrogens is 362 g/mol. The van der Waals surface area contributed by atoms with Gasteiger partial charge in [0.05, 0.1) is 6.04 Å². The summed E-state index contributed by atoms with van der Waals surface area (Å²) in [5, 5.41) is 3.17. The Morgan fingerprint density at radius 2 is 1.83 bits per heavy atom. The predicted molar refractivity (Wildman–Crippen MR) is 113 cm³/mol. The SMILES string of the molecule is CN(C)c1cc(CC(NC(=O)c2ccncc2)c2ccccc2)nc(C2CC2)n1. The first-order valence-corrected chi connectivity index (χ1v) is 9.91. The number of nitrogens with one attached hydrogen (secondary N) is 1.